The summed E-state index contributed by atoms with van der Waals surface area (Å²) in [5.41, 5.74) is 4.59. The van der Waals surface area contributed by atoms with Gasteiger partial charge >= 0.3 is 0 Å². The number of ether oxygens (including phenoxy) is 1. The van der Waals surface area contributed by atoms with E-state index in [1.165, 1.54) is 0 Å². The van der Waals surface area contributed by atoms with E-state index in [0.29, 0.717) is 12.2 Å². The van der Waals surface area contributed by atoms with E-state index < -0.39 is 0 Å². The van der Waals surface area contributed by atoms with Crippen LogP contribution in [0.2, 0.25) is 0 Å². The van der Waals surface area contributed by atoms with Gasteiger partial charge in [0.05, 0.1) is 0 Å². The third-order valence-electron chi connectivity index (χ3n) is 4.15. The van der Waals surface area contributed by atoms with Gasteiger partial charge in [0.2, 0.25) is 0 Å². The quantitative estimate of drug-likeness (QED) is 0.702. The topological polar surface area (TPSA) is 38.3 Å². The van der Waals surface area contributed by atoms with Crippen LogP contribution < -0.4 is 10.1 Å². The van der Waals surface area contributed by atoms with E-state index in [-0.39, 0.29) is 5.91 Å². The molecule has 3 aromatic carbocycles. The molecule has 0 radical (unpaired) electrons. The van der Waals surface area contributed by atoms with Crippen LogP contribution in [-0.2, 0) is 11.4 Å². The van der Waals surface area contributed by atoms with Gasteiger partial charge in [0, 0.05) is 16.8 Å². The molecule has 0 fully saturated rings. The first-order chi connectivity index (χ1) is 12.3. The number of carbonyl (C=O) groups excluding carboxylic acids is 1. The van der Waals surface area contributed by atoms with Gasteiger partial charge in [-0.15, -0.1) is 0 Å². The van der Waals surface area contributed by atoms with Crippen molar-refractivity contribution in [1.29, 1.82) is 0 Å². The number of carbonyl (C=O) groups is 1. The largest absolute Gasteiger partial charge is 0.489 e. The van der Waals surface area contributed by atoms with E-state index in [4.69, 9.17) is 4.74 Å². The first kappa shape index (κ1) is 15.2. The summed E-state index contributed by atoms with van der Waals surface area (Å²) in [4.78, 5) is 12.2. The maximum atomic E-state index is 12.2. The third kappa shape index (κ3) is 3.31. The van der Waals surface area contributed by atoms with Crippen molar-refractivity contribution in [3.8, 4) is 5.75 Å². The number of para-hydroxylation sites is 1. The highest BCUT2D eigenvalue weighted by Gasteiger charge is 2.23. The molecule has 0 bridgehead atoms. The second-order valence-electron chi connectivity index (χ2n) is 5.90. The molecule has 0 saturated heterocycles. The molecule has 3 aromatic rings. The van der Waals surface area contributed by atoms with Crippen LogP contribution in [-0.4, -0.2) is 5.91 Å². The molecule has 0 unspecified atom stereocenters. The molecule has 0 aromatic heterocycles. The number of fused-ring (bicyclic) bond motifs is 1. The molecular weight excluding hydrogens is 310 g/mol. The summed E-state index contributed by atoms with van der Waals surface area (Å²) >= 11 is 0. The summed E-state index contributed by atoms with van der Waals surface area (Å²) < 4.78 is 5.79. The van der Waals surface area contributed by atoms with Crippen molar-refractivity contribution in [3.63, 3.8) is 0 Å². The number of rotatable bonds is 4. The second-order valence-corrected chi connectivity index (χ2v) is 5.90. The average molecular weight is 327 g/mol. The molecule has 1 heterocycles. The van der Waals surface area contributed by atoms with E-state index in [1.807, 2.05) is 84.9 Å². The molecule has 1 amide bonds. The van der Waals surface area contributed by atoms with Crippen molar-refractivity contribution in [2.75, 3.05) is 5.32 Å². The Morgan fingerprint density at radius 2 is 1.56 bits per heavy atom. The van der Waals surface area contributed by atoms with Crippen molar-refractivity contribution in [1.82, 2.24) is 0 Å². The van der Waals surface area contributed by atoms with Crippen molar-refractivity contribution in [2.45, 2.75) is 6.61 Å². The minimum Gasteiger partial charge on any atom is -0.489 e. The Morgan fingerprint density at radius 1 is 0.840 bits per heavy atom. The molecule has 0 spiro atoms. The summed E-state index contributed by atoms with van der Waals surface area (Å²) in [6.07, 6.45) is 1.90. The fourth-order valence-electron chi connectivity index (χ4n) is 2.85. The Labute approximate surface area is 146 Å². The van der Waals surface area contributed by atoms with E-state index in [0.717, 1.165) is 28.1 Å². The zero-order valence-electron chi connectivity index (χ0n) is 13.6. The highest BCUT2D eigenvalue weighted by Crippen LogP contribution is 2.32. The van der Waals surface area contributed by atoms with Crippen molar-refractivity contribution >= 4 is 23.2 Å². The van der Waals surface area contributed by atoms with Gasteiger partial charge in [0.1, 0.15) is 12.4 Å². The zero-order chi connectivity index (χ0) is 17.1. The van der Waals surface area contributed by atoms with E-state index >= 15 is 0 Å². The Hall–Kier alpha value is -3.33. The maximum Gasteiger partial charge on any atom is 0.256 e. The van der Waals surface area contributed by atoms with Crippen LogP contribution in [0.5, 0.6) is 5.75 Å². The summed E-state index contributed by atoms with van der Waals surface area (Å²) in [6.45, 7) is 0.539. The number of hydrogen-bond donors (Lipinski definition) is 1. The van der Waals surface area contributed by atoms with Gasteiger partial charge < -0.3 is 10.1 Å². The number of anilines is 1. The zero-order valence-corrected chi connectivity index (χ0v) is 13.6. The molecular formula is C22H17NO2. The second kappa shape index (κ2) is 6.65. The lowest BCUT2D eigenvalue weighted by Crippen LogP contribution is -2.03. The highest BCUT2D eigenvalue weighted by atomic mass is 16.5. The van der Waals surface area contributed by atoms with Gasteiger partial charge in [0.15, 0.2) is 0 Å². The van der Waals surface area contributed by atoms with Gasteiger partial charge in [-0.2, -0.15) is 0 Å². The van der Waals surface area contributed by atoms with E-state index in [1.54, 1.807) is 0 Å². The number of hydrogen-bond acceptors (Lipinski definition) is 2. The standard InChI is InChI=1S/C22H17NO2/c24-22-20(19-8-4-5-9-21(19)23-22)14-16-10-12-18(13-11-16)25-15-17-6-2-1-3-7-17/h1-14H,15H2,(H,23,24). The average Bonchev–Trinajstić information content (AvgIpc) is 2.97. The van der Waals surface area contributed by atoms with Crippen LogP contribution in [0, 0.1) is 0 Å². The highest BCUT2D eigenvalue weighted by molar-refractivity contribution is 6.34. The molecule has 4 rings (SSSR count). The molecule has 3 nitrogen and oxygen atoms in total. The fraction of sp³-hybridized carbons (Fsp3) is 0.0455. The van der Waals surface area contributed by atoms with Gasteiger partial charge in [-0.1, -0.05) is 60.7 Å². The first-order valence-corrected chi connectivity index (χ1v) is 8.19. The fourth-order valence-corrected chi connectivity index (χ4v) is 2.85. The monoisotopic (exact) mass is 327 g/mol. The SMILES string of the molecule is O=C1Nc2ccccc2C1=Cc1ccc(OCc2ccccc2)cc1. The summed E-state index contributed by atoms with van der Waals surface area (Å²) in [5.74, 6) is 0.743. The molecule has 0 saturated carbocycles. The minimum absolute atomic E-state index is 0.0643. The smallest absolute Gasteiger partial charge is 0.256 e. The lowest BCUT2D eigenvalue weighted by Gasteiger charge is -2.06. The number of benzene rings is 3. The summed E-state index contributed by atoms with van der Waals surface area (Å²) in [7, 11) is 0. The van der Waals surface area contributed by atoms with Gasteiger partial charge in [-0.3, -0.25) is 4.79 Å². The van der Waals surface area contributed by atoms with Crippen molar-refractivity contribution in [2.24, 2.45) is 0 Å². The van der Waals surface area contributed by atoms with Crippen LogP contribution >= 0.6 is 0 Å². The third-order valence-corrected chi connectivity index (χ3v) is 4.15. The Morgan fingerprint density at radius 3 is 2.36 bits per heavy atom. The summed E-state index contributed by atoms with van der Waals surface area (Å²) in [6, 6.07) is 25.6. The maximum absolute atomic E-state index is 12.2. The van der Waals surface area contributed by atoms with E-state index in [2.05, 4.69) is 5.32 Å². The molecule has 3 heteroatoms. The van der Waals surface area contributed by atoms with Crippen LogP contribution in [0.4, 0.5) is 5.69 Å². The number of amides is 1. The van der Waals surface area contributed by atoms with E-state index in [9.17, 15) is 4.79 Å². The van der Waals surface area contributed by atoms with Gasteiger partial charge in [0.25, 0.3) is 5.91 Å². The Bertz CT molecular complexity index is 928. The lowest BCUT2D eigenvalue weighted by atomic mass is 10.0. The van der Waals surface area contributed by atoms with Gasteiger partial charge in [-0.05, 0) is 35.4 Å². The molecule has 0 atom stereocenters. The van der Waals surface area contributed by atoms with Crippen molar-refractivity contribution < 1.29 is 9.53 Å². The van der Waals surface area contributed by atoms with Crippen LogP contribution in [0.25, 0.3) is 11.6 Å². The van der Waals surface area contributed by atoms with Crippen molar-refractivity contribution in [3.05, 3.63) is 95.6 Å². The van der Waals surface area contributed by atoms with Crippen LogP contribution in [0.15, 0.2) is 78.9 Å². The number of nitrogens with one attached hydrogen (secondary N) is 1. The molecule has 1 aliphatic heterocycles. The van der Waals surface area contributed by atoms with Crippen LogP contribution in [0.1, 0.15) is 16.7 Å². The first-order valence-electron chi connectivity index (χ1n) is 8.19. The molecule has 1 N–H and O–H groups in total. The predicted octanol–water partition coefficient (Wildman–Crippen LogP) is 4.76. The molecule has 122 valence electrons. The van der Waals surface area contributed by atoms with Gasteiger partial charge in [-0.25, -0.2) is 0 Å². The Balaban J connectivity index is 1.50. The predicted molar refractivity (Wildman–Crippen MR) is 100 cm³/mol. The summed E-state index contributed by atoms with van der Waals surface area (Å²) in [5, 5.41) is 2.89. The molecule has 1 aliphatic rings. The van der Waals surface area contributed by atoms with Crippen LogP contribution in [0.3, 0.4) is 0 Å². The normalized spacial score (nSPS) is 14.2. The Kier molecular flexibility index (Phi) is 4.05. The molecule has 0 aliphatic carbocycles. The molecule has 25 heavy (non-hydrogen) atoms. The lowest BCUT2D eigenvalue weighted by molar-refractivity contribution is -0.110. The minimum atomic E-state index is -0.0643.